The molecule has 0 saturated heterocycles. The van der Waals surface area contributed by atoms with Crippen molar-refractivity contribution in [2.24, 2.45) is 10.9 Å². The number of hydrogen-bond donors (Lipinski definition) is 2. The molecule has 0 bridgehead atoms. The summed E-state index contributed by atoms with van der Waals surface area (Å²) in [6.45, 7) is 8.95. The van der Waals surface area contributed by atoms with Gasteiger partial charge in [0.15, 0.2) is 11.8 Å². The van der Waals surface area contributed by atoms with E-state index in [1.165, 1.54) is 12.8 Å². The Morgan fingerprint density at radius 3 is 2.85 bits per heavy atom. The first-order chi connectivity index (χ1) is 12.7. The maximum Gasteiger partial charge on any atom is 0.276 e. The maximum absolute atomic E-state index is 5.27. The second-order valence-electron chi connectivity index (χ2n) is 6.56. The number of nitrogens with one attached hydrogen (secondary N) is 2. The number of guanidine groups is 1. The molecule has 2 aromatic heterocycles. The number of aromatic nitrogens is 3. The van der Waals surface area contributed by atoms with Crippen LogP contribution in [0.25, 0.3) is 11.6 Å². The highest BCUT2D eigenvalue weighted by molar-refractivity contribution is 5.79. The molecule has 0 aromatic carbocycles. The van der Waals surface area contributed by atoms with Crippen molar-refractivity contribution in [1.29, 1.82) is 0 Å². The summed E-state index contributed by atoms with van der Waals surface area (Å²) in [4.78, 5) is 13.2. The van der Waals surface area contributed by atoms with Crippen LogP contribution in [0.3, 0.4) is 0 Å². The third-order valence-corrected chi connectivity index (χ3v) is 3.80. The number of rotatable bonds is 10. The van der Waals surface area contributed by atoms with Crippen LogP contribution in [-0.4, -0.2) is 40.7 Å². The number of aliphatic imine (C=N–C) groups is 1. The minimum Gasteiger partial charge on any atom is -0.357 e. The SMILES string of the molecule is CCNC(=NCCCCC(C)C)NCCc1noc(-c2ccccn2)n1. The van der Waals surface area contributed by atoms with E-state index in [0.717, 1.165) is 31.4 Å². The van der Waals surface area contributed by atoms with Gasteiger partial charge < -0.3 is 15.2 Å². The molecule has 0 spiro atoms. The van der Waals surface area contributed by atoms with Crippen LogP contribution < -0.4 is 10.6 Å². The number of hydrogen-bond acceptors (Lipinski definition) is 5. The van der Waals surface area contributed by atoms with E-state index < -0.39 is 0 Å². The Kier molecular flexibility index (Phi) is 8.59. The lowest BCUT2D eigenvalue weighted by Crippen LogP contribution is -2.38. The van der Waals surface area contributed by atoms with Crippen LogP contribution in [0.4, 0.5) is 0 Å². The van der Waals surface area contributed by atoms with E-state index in [0.29, 0.717) is 30.4 Å². The molecule has 0 amide bonds. The van der Waals surface area contributed by atoms with Gasteiger partial charge in [-0.1, -0.05) is 37.9 Å². The summed E-state index contributed by atoms with van der Waals surface area (Å²) in [7, 11) is 0. The van der Waals surface area contributed by atoms with Crippen molar-refractivity contribution < 1.29 is 4.52 Å². The third kappa shape index (κ3) is 7.21. The topological polar surface area (TPSA) is 88.2 Å². The van der Waals surface area contributed by atoms with Crippen molar-refractivity contribution in [1.82, 2.24) is 25.8 Å². The van der Waals surface area contributed by atoms with Crippen LogP contribution in [0.2, 0.25) is 0 Å². The number of pyridine rings is 1. The Balaban J connectivity index is 1.76. The van der Waals surface area contributed by atoms with Crippen molar-refractivity contribution in [3.05, 3.63) is 30.2 Å². The smallest absolute Gasteiger partial charge is 0.276 e. The highest BCUT2D eigenvalue weighted by Gasteiger charge is 2.09. The van der Waals surface area contributed by atoms with Gasteiger partial charge in [0.25, 0.3) is 5.89 Å². The Labute approximate surface area is 155 Å². The van der Waals surface area contributed by atoms with Gasteiger partial charge in [-0.3, -0.25) is 9.98 Å². The van der Waals surface area contributed by atoms with Crippen LogP contribution in [0.1, 0.15) is 45.9 Å². The van der Waals surface area contributed by atoms with E-state index in [9.17, 15) is 0 Å². The lowest BCUT2D eigenvalue weighted by atomic mass is 10.1. The molecule has 0 atom stereocenters. The van der Waals surface area contributed by atoms with Crippen molar-refractivity contribution in [3.63, 3.8) is 0 Å². The van der Waals surface area contributed by atoms with Gasteiger partial charge in [-0.05, 0) is 31.4 Å². The average Bonchev–Trinajstić information content (AvgIpc) is 3.11. The molecule has 0 saturated carbocycles. The zero-order chi connectivity index (χ0) is 18.6. The van der Waals surface area contributed by atoms with E-state index in [-0.39, 0.29) is 0 Å². The number of nitrogens with zero attached hydrogens (tertiary/aromatic N) is 4. The van der Waals surface area contributed by atoms with Crippen LogP contribution in [0.15, 0.2) is 33.9 Å². The highest BCUT2D eigenvalue weighted by Crippen LogP contribution is 2.13. The Morgan fingerprint density at radius 2 is 2.12 bits per heavy atom. The van der Waals surface area contributed by atoms with Crippen LogP contribution in [0, 0.1) is 5.92 Å². The second kappa shape index (κ2) is 11.2. The predicted octanol–water partition coefficient (Wildman–Crippen LogP) is 3.06. The molecule has 0 aliphatic heterocycles. The van der Waals surface area contributed by atoms with Gasteiger partial charge in [0, 0.05) is 32.3 Å². The van der Waals surface area contributed by atoms with Gasteiger partial charge in [-0.15, -0.1) is 0 Å². The van der Waals surface area contributed by atoms with Crippen LogP contribution >= 0.6 is 0 Å². The van der Waals surface area contributed by atoms with Crippen molar-refractivity contribution in [2.45, 2.75) is 46.5 Å². The Morgan fingerprint density at radius 1 is 1.23 bits per heavy atom. The molecule has 2 N–H and O–H groups in total. The minimum absolute atomic E-state index is 0.450. The molecule has 2 heterocycles. The molecule has 142 valence electrons. The van der Waals surface area contributed by atoms with E-state index in [4.69, 9.17) is 4.52 Å². The normalized spacial score (nSPS) is 11.8. The van der Waals surface area contributed by atoms with Gasteiger partial charge in [-0.25, -0.2) is 0 Å². The molecule has 2 aromatic rings. The van der Waals surface area contributed by atoms with Gasteiger partial charge in [0.1, 0.15) is 5.69 Å². The summed E-state index contributed by atoms with van der Waals surface area (Å²) in [6.07, 6.45) is 5.97. The molecule has 26 heavy (non-hydrogen) atoms. The first-order valence-electron chi connectivity index (χ1n) is 9.45. The largest absolute Gasteiger partial charge is 0.357 e. The molecule has 0 aliphatic rings. The molecule has 0 radical (unpaired) electrons. The molecule has 0 aliphatic carbocycles. The lowest BCUT2D eigenvalue weighted by molar-refractivity contribution is 0.421. The summed E-state index contributed by atoms with van der Waals surface area (Å²) in [5.41, 5.74) is 0.690. The van der Waals surface area contributed by atoms with Crippen molar-refractivity contribution in [2.75, 3.05) is 19.6 Å². The zero-order valence-corrected chi connectivity index (χ0v) is 16.0. The molecule has 7 nitrogen and oxygen atoms in total. The van der Waals surface area contributed by atoms with E-state index in [1.54, 1.807) is 6.20 Å². The van der Waals surface area contributed by atoms with Gasteiger partial charge in [0.2, 0.25) is 0 Å². The van der Waals surface area contributed by atoms with E-state index >= 15 is 0 Å². The highest BCUT2D eigenvalue weighted by atomic mass is 16.5. The van der Waals surface area contributed by atoms with Crippen molar-refractivity contribution in [3.8, 4) is 11.6 Å². The molecular formula is C19H30N6O. The molecule has 2 rings (SSSR count). The van der Waals surface area contributed by atoms with Crippen molar-refractivity contribution >= 4 is 5.96 Å². The first kappa shape index (κ1) is 19.9. The molecule has 7 heteroatoms. The quantitative estimate of drug-likeness (QED) is 0.385. The van der Waals surface area contributed by atoms with E-state index in [2.05, 4.69) is 51.5 Å². The second-order valence-corrected chi connectivity index (χ2v) is 6.56. The fraction of sp³-hybridized carbons (Fsp3) is 0.579. The Hall–Kier alpha value is -2.44. The third-order valence-electron chi connectivity index (χ3n) is 3.80. The fourth-order valence-electron chi connectivity index (χ4n) is 2.44. The fourth-order valence-corrected chi connectivity index (χ4v) is 2.44. The molecule has 0 fully saturated rings. The minimum atomic E-state index is 0.450. The molecule has 0 unspecified atom stereocenters. The maximum atomic E-state index is 5.27. The summed E-state index contributed by atoms with van der Waals surface area (Å²) in [5, 5.41) is 10.6. The summed E-state index contributed by atoms with van der Waals surface area (Å²) >= 11 is 0. The van der Waals surface area contributed by atoms with Crippen LogP contribution in [0.5, 0.6) is 0 Å². The first-order valence-corrected chi connectivity index (χ1v) is 9.45. The van der Waals surface area contributed by atoms with E-state index in [1.807, 2.05) is 18.2 Å². The van der Waals surface area contributed by atoms with Gasteiger partial charge in [0.05, 0.1) is 0 Å². The average molecular weight is 358 g/mol. The molecular weight excluding hydrogens is 328 g/mol. The van der Waals surface area contributed by atoms with Crippen LogP contribution in [-0.2, 0) is 6.42 Å². The summed E-state index contributed by atoms with van der Waals surface area (Å²) < 4.78 is 5.27. The van der Waals surface area contributed by atoms with Gasteiger partial charge >= 0.3 is 0 Å². The summed E-state index contributed by atoms with van der Waals surface area (Å²) in [5.74, 6) is 2.71. The Bertz CT molecular complexity index is 653. The summed E-state index contributed by atoms with van der Waals surface area (Å²) in [6, 6.07) is 5.61. The lowest BCUT2D eigenvalue weighted by Gasteiger charge is -2.10. The zero-order valence-electron chi connectivity index (χ0n) is 16.0. The number of unbranched alkanes of at least 4 members (excludes halogenated alkanes) is 1. The predicted molar refractivity (Wildman–Crippen MR) is 104 cm³/mol. The monoisotopic (exact) mass is 358 g/mol. The standard InChI is InChI=1S/C19H30N6O/c1-4-20-19(22-13-7-5-9-15(2)3)23-14-11-17-24-18(26-25-17)16-10-6-8-12-21-16/h6,8,10,12,15H,4-5,7,9,11,13-14H2,1-3H3,(H2,20,22,23). The van der Waals surface area contributed by atoms with Gasteiger partial charge in [-0.2, -0.15) is 4.98 Å².